The van der Waals surface area contributed by atoms with Crippen molar-refractivity contribution in [1.29, 1.82) is 5.26 Å². The molecule has 4 nitrogen and oxygen atoms in total. The Labute approximate surface area is 190 Å². The van der Waals surface area contributed by atoms with Crippen molar-refractivity contribution >= 4 is 67.0 Å². The number of carbonyl (C=O) groups excluding carboxylic acids is 1. The van der Waals surface area contributed by atoms with Crippen molar-refractivity contribution in [3.05, 3.63) is 66.0 Å². The number of hydrogen-bond acceptors (Lipinski definition) is 3. The lowest BCUT2D eigenvalue weighted by Crippen LogP contribution is -2.30. The first-order valence-corrected chi connectivity index (χ1v) is 10.5. The lowest BCUT2D eigenvalue weighted by molar-refractivity contribution is -0.117. The molecule has 8 heteroatoms. The Balaban J connectivity index is 2.23. The quantitative estimate of drug-likeness (QED) is 0.331. The van der Waals surface area contributed by atoms with E-state index in [1.165, 1.54) is 6.08 Å². The fraction of sp³-hybridized carbons (Fsp3) is 0.200. The second-order valence-electron chi connectivity index (χ2n) is 6.14. The summed E-state index contributed by atoms with van der Waals surface area (Å²) in [5.74, 6) is 0.163. The minimum absolute atomic E-state index is 0.0223. The highest BCUT2D eigenvalue weighted by Gasteiger charge is 2.13. The number of hydrogen-bond donors (Lipinski definition) is 1. The molecule has 2 aromatic rings. The second-order valence-corrected chi connectivity index (χ2v) is 8.69. The number of rotatable bonds is 6. The molecule has 0 saturated heterocycles. The summed E-state index contributed by atoms with van der Waals surface area (Å²) in [5.41, 5.74) is 1.49. The van der Waals surface area contributed by atoms with Crippen LogP contribution in [-0.4, -0.2) is 11.9 Å². The third-order valence-corrected chi connectivity index (χ3v) is 5.27. The average Bonchev–Trinajstić information content (AvgIpc) is 2.59. The van der Waals surface area contributed by atoms with Crippen LogP contribution in [0.3, 0.4) is 0 Å². The number of ether oxygens (including phenoxy) is 1. The van der Waals surface area contributed by atoms with Gasteiger partial charge in [-0.2, -0.15) is 5.26 Å². The number of halogens is 4. The molecule has 1 amide bonds. The molecule has 146 valence electrons. The Bertz CT molecular complexity index is 946. The highest BCUT2D eigenvalue weighted by atomic mass is 79.9. The summed E-state index contributed by atoms with van der Waals surface area (Å²) >= 11 is 19.0. The Morgan fingerprint density at radius 3 is 2.43 bits per heavy atom. The van der Waals surface area contributed by atoms with Gasteiger partial charge in [-0.25, -0.2) is 0 Å². The largest absolute Gasteiger partial charge is 0.486 e. The maximum atomic E-state index is 12.1. The van der Waals surface area contributed by atoms with E-state index < -0.39 is 5.91 Å². The van der Waals surface area contributed by atoms with Crippen LogP contribution in [0.1, 0.15) is 25.0 Å². The second kappa shape index (κ2) is 10.3. The zero-order valence-corrected chi connectivity index (χ0v) is 19.7. The molecular formula is C20H16Br2Cl2N2O2. The molecule has 0 aliphatic heterocycles. The van der Waals surface area contributed by atoms with E-state index in [-0.39, 0.29) is 18.2 Å². The van der Waals surface area contributed by atoms with Crippen molar-refractivity contribution < 1.29 is 9.53 Å². The van der Waals surface area contributed by atoms with Crippen molar-refractivity contribution in [3.8, 4) is 11.8 Å². The van der Waals surface area contributed by atoms with Gasteiger partial charge in [-0.15, -0.1) is 0 Å². The van der Waals surface area contributed by atoms with Crippen LogP contribution in [0, 0.1) is 11.3 Å². The predicted octanol–water partition coefficient (Wildman–Crippen LogP) is 6.53. The SMILES string of the molecule is CC(C)NC(=O)/C(C#N)=C\c1cc(Br)c(OCc2ccc(Cl)cc2Cl)c(Br)c1. The molecule has 0 aliphatic rings. The first kappa shape index (κ1) is 22.8. The van der Waals surface area contributed by atoms with Gasteiger partial charge >= 0.3 is 0 Å². The third kappa shape index (κ3) is 6.25. The molecule has 0 unspecified atom stereocenters. The number of nitriles is 1. The standard InChI is InChI=1S/C20H16Br2Cl2N2O2/c1-11(2)26-20(27)14(9-25)5-12-6-16(21)19(17(22)7-12)28-10-13-3-4-15(23)8-18(13)24/h3-8,11H,10H2,1-2H3,(H,26,27)/b14-5-. The van der Waals surface area contributed by atoms with Crippen LogP contribution in [0.15, 0.2) is 44.9 Å². The minimum Gasteiger partial charge on any atom is -0.486 e. The molecule has 0 aliphatic carbocycles. The number of nitrogens with zero attached hydrogens (tertiary/aromatic N) is 1. The van der Waals surface area contributed by atoms with E-state index in [9.17, 15) is 10.1 Å². The zero-order chi connectivity index (χ0) is 20.8. The fourth-order valence-corrected chi connectivity index (χ4v) is 4.16. The summed E-state index contributed by atoms with van der Waals surface area (Å²) < 4.78 is 7.21. The Morgan fingerprint density at radius 2 is 1.89 bits per heavy atom. The summed E-state index contributed by atoms with van der Waals surface area (Å²) in [7, 11) is 0. The van der Waals surface area contributed by atoms with Gasteiger partial charge in [-0.05, 0) is 81.6 Å². The van der Waals surface area contributed by atoms with Crippen molar-refractivity contribution in [2.24, 2.45) is 0 Å². The van der Waals surface area contributed by atoms with Crippen LogP contribution in [-0.2, 0) is 11.4 Å². The molecule has 0 heterocycles. The summed E-state index contributed by atoms with van der Waals surface area (Å²) in [5, 5.41) is 13.1. The summed E-state index contributed by atoms with van der Waals surface area (Å²) in [6, 6.07) is 10.6. The van der Waals surface area contributed by atoms with Crippen molar-refractivity contribution in [2.75, 3.05) is 0 Å². The van der Waals surface area contributed by atoms with Gasteiger partial charge < -0.3 is 10.1 Å². The fourth-order valence-electron chi connectivity index (χ4n) is 2.24. The third-order valence-electron chi connectivity index (χ3n) is 3.50. The van der Waals surface area contributed by atoms with Gasteiger partial charge in [-0.1, -0.05) is 29.3 Å². The van der Waals surface area contributed by atoms with E-state index in [2.05, 4.69) is 37.2 Å². The van der Waals surface area contributed by atoms with Gasteiger partial charge in [0.1, 0.15) is 24.0 Å². The highest BCUT2D eigenvalue weighted by Crippen LogP contribution is 2.36. The van der Waals surface area contributed by atoms with Crippen LogP contribution in [0.25, 0.3) is 6.08 Å². The molecule has 0 aromatic heterocycles. The topological polar surface area (TPSA) is 62.1 Å². The Kier molecular flexibility index (Phi) is 8.38. The summed E-state index contributed by atoms with van der Waals surface area (Å²) in [4.78, 5) is 12.1. The molecule has 1 N–H and O–H groups in total. The molecule has 2 rings (SSSR count). The van der Waals surface area contributed by atoms with Gasteiger partial charge in [0.25, 0.3) is 5.91 Å². The molecule has 0 spiro atoms. The number of amides is 1. The van der Waals surface area contributed by atoms with Crippen LogP contribution in [0.2, 0.25) is 10.0 Å². The van der Waals surface area contributed by atoms with Crippen molar-refractivity contribution in [2.45, 2.75) is 26.5 Å². The van der Waals surface area contributed by atoms with E-state index in [1.54, 1.807) is 30.3 Å². The molecule has 2 aromatic carbocycles. The van der Waals surface area contributed by atoms with Gasteiger partial charge in [0, 0.05) is 21.7 Å². The number of nitrogens with one attached hydrogen (secondary N) is 1. The van der Waals surface area contributed by atoms with E-state index in [0.29, 0.717) is 30.3 Å². The van der Waals surface area contributed by atoms with Gasteiger partial charge in [0.05, 0.1) is 8.95 Å². The number of benzene rings is 2. The van der Waals surface area contributed by atoms with E-state index in [0.717, 1.165) is 5.56 Å². The highest BCUT2D eigenvalue weighted by molar-refractivity contribution is 9.11. The van der Waals surface area contributed by atoms with Crippen molar-refractivity contribution in [1.82, 2.24) is 5.32 Å². The maximum absolute atomic E-state index is 12.1. The van der Waals surface area contributed by atoms with Crippen molar-refractivity contribution in [3.63, 3.8) is 0 Å². The summed E-state index contributed by atoms with van der Waals surface area (Å²) in [6.45, 7) is 3.92. The molecule has 0 fully saturated rings. The molecular weight excluding hydrogens is 531 g/mol. The van der Waals surface area contributed by atoms with Crippen LogP contribution in [0.4, 0.5) is 0 Å². The molecule has 28 heavy (non-hydrogen) atoms. The first-order valence-electron chi connectivity index (χ1n) is 8.19. The first-order chi connectivity index (χ1) is 13.2. The van der Waals surface area contributed by atoms with E-state index >= 15 is 0 Å². The minimum atomic E-state index is -0.414. The van der Waals surface area contributed by atoms with Crippen LogP contribution >= 0.6 is 55.1 Å². The summed E-state index contributed by atoms with van der Waals surface area (Å²) in [6.07, 6.45) is 1.52. The lowest BCUT2D eigenvalue weighted by Gasteiger charge is -2.13. The van der Waals surface area contributed by atoms with Gasteiger partial charge in [0.2, 0.25) is 0 Å². The normalized spacial score (nSPS) is 11.3. The number of carbonyl (C=O) groups is 1. The Hall–Kier alpha value is -1.52. The van der Waals surface area contributed by atoms with Gasteiger partial charge in [-0.3, -0.25) is 4.79 Å². The zero-order valence-electron chi connectivity index (χ0n) is 15.0. The lowest BCUT2D eigenvalue weighted by atomic mass is 10.1. The van der Waals surface area contributed by atoms with Gasteiger partial charge in [0.15, 0.2) is 0 Å². The monoisotopic (exact) mass is 544 g/mol. The van der Waals surface area contributed by atoms with E-state index in [1.807, 2.05) is 19.9 Å². The van der Waals surface area contributed by atoms with Crippen LogP contribution < -0.4 is 10.1 Å². The van der Waals surface area contributed by atoms with Crippen LogP contribution in [0.5, 0.6) is 5.75 Å². The van der Waals surface area contributed by atoms with E-state index in [4.69, 9.17) is 27.9 Å². The molecule has 0 saturated carbocycles. The molecule has 0 radical (unpaired) electrons. The molecule has 0 atom stereocenters. The predicted molar refractivity (Wildman–Crippen MR) is 120 cm³/mol. The average molecular weight is 547 g/mol. The molecule has 0 bridgehead atoms. The smallest absolute Gasteiger partial charge is 0.262 e. The Morgan fingerprint density at radius 1 is 1.25 bits per heavy atom. The maximum Gasteiger partial charge on any atom is 0.262 e.